The molecule has 2 rings (SSSR count). The zero-order chi connectivity index (χ0) is 15.5. The van der Waals surface area contributed by atoms with E-state index in [4.69, 9.17) is 16.3 Å². The predicted octanol–water partition coefficient (Wildman–Crippen LogP) is 4.04. The lowest BCUT2D eigenvalue weighted by Crippen LogP contribution is -2.46. The Hall–Kier alpha value is -1.07. The van der Waals surface area contributed by atoms with Gasteiger partial charge in [0.05, 0.1) is 0 Å². The Balaban J connectivity index is 2.13. The molecule has 0 bridgehead atoms. The van der Waals surface area contributed by atoms with Crippen LogP contribution < -0.4 is 4.74 Å². The smallest absolute Gasteiger partial charge is 0.317 e. The third-order valence-electron chi connectivity index (χ3n) is 3.85. The van der Waals surface area contributed by atoms with Crippen molar-refractivity contribution in [1.29, 1.82) is 0 Å². The number of carbonyl (C=O) groups is 2. The first-order valence-corrected chi connectivity index (χ1v) is 8.09. The molecule has 1 aliphatic carbocycles. The molecular weight excluding hydrogens is 360 g/mol. The Morgan fingerprint density at radius 3 is 2.29 bits per heavy atom. The van der Waals surface area contributed by atoms with Crippen LogP contribution in [0.4, 0.5) is 0 Å². The Bertz CT molecular complexity index is 523. The van der Waals surface area contributed by atoms with Crippen molar-refractivity contribution in [3.05, 3.63) is 29.3 Å². The molecule has 0 saturated heterocycles. The second-order valence-corrected chi connectivity index (χ2v) is 6.47. The molecule has 6 heteroatoms. The first kappa shape index (κ1) is 16.3. The summed E-state index contributed by atoms with van der Waals surface area (Å²) in [7, 11) is 0. The number of alkyl halides is 1. The van der Waals surface area contributed by atoms with Gasteiger partial charge in [-0.05, 0) is 53.0 Å². The number of carboxylic acid groups (broad SMARTS) is 1. The molecule has 0 spiro atoms. The van der Waals surface area contributed by atoms with Crippen molar-refractivity contribution in [2.75, 3.05) is 0 Å². The number of rotatable bonds is 5. The van der Waals surface area contributed by atoms with Crippen LogP contribution in [0.2, 0.25) is 5.02 Å². The first-order chi connectivity index (χ1) is 9.95. The lowest BCUT2D eigenvalue weighted by Gasteiger charge is -2.33. The van der Waals surface area contributed by atoms with Crippen molar-refractivity contribution >= 4 is 39.3 Å². The third kappa shape index (κ3) is 3.58. The van der Waals surface area contributed by atoms with E-state index < -0.39 is 22.2 Å². The van der Waals surface area contributed by atoms with Gasteiger partial charge >= 0.3 is 5.97 Å². The van der Waals surface area contributed by atoms with E-state index in [9.17, 15) is 14.7 Å². The number of carboxylic acids is 1. The zero-order valence-corrected chi connectivity index (χ0v) is 13.7. The average Bonchev–Trinajstić information content (AvgIpc) is 2.49. The summed E-state index contributed by atoms with van der Waals surface area (Å²) in [5, 5.41) is 9.08. The summed E-state index contributed by atoms with van der Waals surface area (Å²) in [5.74, 6) is -1.02. The van der Waals surface area contributed by atoms with Gasteiger partial charge in [0.2, 0.25) is 10.8 Å². The van der Waals surface area contributed by atoms with E-state index >= 15 is 0 Å². The number of ether oxygens (including phenoxy) is 1. The molecule has 1 atom stereocenters. The summed E-state index contributed by atoms with van der Waals surface area (Å²) in [4.78, 5) is 24.2. The number of benzene rings is 1. The Morgan fingerprint density at radius 1 is 1.19 bits per heavy atom. The highest BCUT2D eigenvalue weighted by atomic mass is 79.9. The van der Waals surface area contributed by atoms with E-state index in [1.165, 1.54) is 0 Å². The summed E-state index contributed by atoms with van der Waals surface area (Å²) in [6.07, 6.45) is 3.20. The summed E-state index contributed by atoms with van der Waals surface area (Å²) in [6.45, 7) is 0. The fourth-order valence-electron chi connectivity index (χ4n) is 2.62. The minimum absolute atomic E-state index is 0.368. The van der Waals surface area contributed by atoms with Crippen LogP contribution in [0.3, 0.4) is 0 Å². The highest BCUT2D eigenvalue weighted by molar-refractivity contribution is 9.09. The molecule has 0 radical (unpaired) electrons. The summed E-state index contributed by atoms with van der Waals surface area (Å²) in [5.41, 5.74) is -1.33. The quantitative estimate of drug-likeness (QED) is 0.623. The molecule has 1 fully saturated rings. The number of halogens is 2. The number of carbonyl (C=O) groups excluding carboxylic acids is 1. The summed E-state index contributed by atoms with van der Waals surface area (Å²) in [6, 6.07) is 6.57. The molecule has 1 aromatic carbocycles. The number of Topliss-reactive ketones (excluding diaryl/α,β-unsaturated/α-hetero) is 1. The van der Waals surface area contributed by atoms with Gasteiger partial charge in [0.1, 0.15) is 11.2 Å². The van der Waals surface area contributed by atoms with E-state index in [1.54, 1.807) is 24.3 Å². The Labute approximate surface area is 136 Å². The minimum Gasteiger partial charge on any atom is -0.480 e. The predicted molar refractivity (Wildman–Crippen MR) is 83.0 cm³/mol. The van der Waals surface area contributed by atoms with Crippen molar-refractivity contribution in [3.8, 4) is 5.75 Å². The molecule has 1 aliphatic rings. The Kier molecular flexibility index (Phi) is 5.27. The second-order valence-electron chi connectivity index (χ2n) is 5.20. The molecule has 4 nitrogen and oxygen atoms in total. The molecule has 0 heterocycles. The molecule has 1 aromatic rings. The topological polar surface area (TPSA) is 63.6 Å². The summed E-state index contributed by atoms with van der Waals surface area (Å²) < 4.78 is 5.50. The third-order valence-corrected chi connectivity index (χ3v) is 4.70. The second kappa shape index (κ2) is 6.79. The molecule has 1 unspecified atom stereocenters. The van der Waals surface area contributed by atoms with Gasteiger partial charge in [-0.25, -0.2) is 0 Å². The monoisotopic (exact) mass is 374 g/mol. The maximum Gasteiger partial charge on any atom is 0.317 e. The van der Waals surface area contributed by atoms with Gasteiger partial charge in [-0.3, -0.25) is 9.59 Å². The normalized spacial score (nSPS) is 18.8. The van der Waals surface area contributed by atoms with Gasteiger partial charge in [-0.1, -0.05) is 30.9 Å². The van der Waals surface area contributed by atoms with Crippen LogP contribution in [-0.2, 0) is 9.59 Å². The number of aliphatic carboxylic acids is 1. The van der Waals surface area contributed by atoms with Crippen LogP contribution >= 0.6 is 27.5 Å². The van der Waals surface area contributed by atoms with Gasteiger partial charge < -0.3 is 9.84 Å². The molecule has 0 aliphatic heterocycles. The molecule has 1 saturated carbocycles. The zero-order valence-electron chi connectivity index (χ0n) is 11.4. The SMILES string of the molecule is O=C(O)C1(C(=O)C(Br)Oc2ccc(Cl)cc2)CCCCC1. The van der Waals surface area contributed by atoms with Gasteiger partial charge in [-0.2, -0.15) is 0 Å². The van der Waals surface area contributed by atoms with Gasteiger partial charge in [0.15, 0.2) is 0 Å². The van der Waals surface area contributed by atoms with Gasteiger partial charge in [0.25, 0.3) is 0 Å². The van der Waals surface area contributed by atoms with Crippen molar-refractivity contribution in [3.63, 3.8) is 0 Å². The van der Waals surface area contributed by atoms with E-state index in [1.807, 2.05) is 0 Å². The minimum atomic E-state index is -1.33. The largest absolute Gasteiger partial charge is 0.480 e. The van der Waals surface area contributed by atoms with E-state index in [-0.39, 0.29) is 0 Å². The van der Waals surface area contributed by atoms with Crippen LogP contribution in [0.1, 0.15) is 32.1 Å². The van der Waals surface area contributed by atoms with Crippen molar-refractivity contribution in [2.45, 2.75) is 37.1 Å². The van der Waals surface area contributed by atoms with E-state index in [2.05, 4.69) is 15.9 Å². The highest BCUT2D eigenvalue weighted by Crippen LogP contribution is 2.39. The molecule has 21 heavy (non-hydrogen) atoms. The van der Waals surface area contributed by atoms with Crippen molar-refractivity contribution < 1.29 is 19.4 Å². The van der Waals surface area contributed by atoms with Crippen LogP contribution in [-0.4, -0.2) is 21.9 Å². The van der Waals surface area contributed by atoms with E-state index in [0.29, 0.717) is 23.6 Å². The number of ketones is 1. The molecule has 0 aromatic heterocycles. The maximum atomic E-state index is 12.6. The molecular formula is C15H16BrClO4. The molecule has 114 valence electrons. The van der Waals surface area contributed by atoms with Gasteiger partial charge in [0, 0.05) is 5.02 Å². The first-order valence-electron chi connectivity index (χ1n) is 6.80. The van der Waals surface area contributed by atoms with Crippen LogP contribution in [0, 0.1) is 5.41 Å². The maximum absolute atomic E-state index is 12.6. The summed E-state index contributed by atoms with van der Waals surface area (Å²) >= 11 is 8.95. The molecule has 0 amide bonds. The van der Waals surface area contributed by atoms with Crippen molar-refractivity contribution in [1.82, 2.24) is 0 Å². The van der Waals surface area contributed by atoms with Crippen molar-refractivity contribution in [2.24, 2.45) is 5.41 Å². The lowest BCUT2D eigenvalue weighted by atomic mass is 9.71. The number of hydrogen-bond donors (Lipinski definition) is 1. The van der Waals surface area contributed by atoms with Gasteiger partial charge in [-0.15, -0.1) is 0 Å². The lowest BCUT2D eigenvalue weighted by molar-refractivity contribution is -0.158. The Morgan fingerprint density at radius 2 is 1.76 bits per heavy atom. The molecule has 1 N–H and O–H groups in total. The fourth-order valence-corrected chi connectivity index (χ4v) is 3.40. The number of hydrogen-bond acceptors (Lipinski definition) is 3. The van der Waals surface area contributed by atoms with E-state index in [0.717, 1.165) is 19.3 Å². The standard InChI is InChI=1S/C15H16BrClO4/c16-13(21-11-6-4-10(17)5-7-11)12(18)15(14(19)20)8-2-1-3-9-15/h4-7,13H,1-3,8-9H2,(H,19,20). The van der Waals surface area contributed by atoms with Crippen LogP contribution in [0.15, 0.2) is 24.3 Å². The average molecular weight is 376 g/mol. The highest BCUT2D eigenvalue weighted by Gasteiger charge is 2.49. The fraction of sp³-hybridized carbons (Fsp3) is 0.467. The van der Waals surface area contributed by atoms with Crippen LogP contribution in [0.5, 0.6) is 5.75 Å². The van der Waals surface area contributed by atoms with Crippen LogP contribution in [0.25, 0.3) is 0 Å².